The first-order chi connectivity index (χ1) is 10.5. The van der Waals surface area contributed by atoms with Crippen LogP contribution in [0.15, 0.2) is 17.6 Å². The summed E-state index contributed by atoms with van der Waals surface area (Å²) in [5.41, 5.74) is 0. The van der Waals surface area contributed by atoms with E-state index in [2.05, 4.69) is 16.9 Å². The number of rotatable bonds is 11. The minimum Gasteiger partial charge on any atom is -0.382 e. The van der Waals surface area contributed by atoms with Gasteiger partial charge in [-0.25, -0.2) is 4.99 Å². The van der Waals surface area contributed by atoms with Crippen molar-refractivity contribution < 1.29 is 9.53 Å². The molecule has 0 saturated carbocycles. The number of carbonyl (C=O) groups is 1. The summed E-state index contributed by atoms with van der Waals surface area (Å²) in [6.45, 7) is 9.00. The second-order valence-electron chi connectivity index (χ2n) is 5.26. The lowest BCUT2D eigenvalue weighted by atomic mass is 10.3. The Bertz CT molecular complexity index is 343. The Labute approximate surface area is 135 Å². The molecule has 1 N–H and O–H groups in total. The third-order valence-electron chi connectivity index (χ3n) is 3.08. The molecule has 0 bridgehead atoms. The number of unbranched alkanes of at least 4 members (excludes halogenated alkanes) is 1. The van der Waals surface area contributed by atoms with Gasteiger partial charge in [0.2, 0.25) is 5.91 Å². The highest BCUT2D eigenvalue weighted by atomic mass is 16.5. The highest BCUT2D eigenvalue weighted by Gasteiger charge is 2.08. The average molecular weight is 312 g/mol. The van der Waals surface area contributed by atoms with Crippen LogP contribution >= 0.6 is 0 Å². The number of carbonyl (C=O) groups excluding carboxylic acids is 1. The van der Waals surface area contributed by atoms with Crippen molar-refractivity contribution in [2.75, 3.05) is 54.0 Å². The molecule has 22 heavy (non-hydrogen) atoms. The summed E-state index contributed by atoms with van der Waals surface area (Å²) in [6.07, 6.45) is 4.81. The van der Waals surface area contributed by atoms with Crippen molar-refractivity contribution in [3.05, 3.63) is 12.7 Å². The van der Waals surface area contributed by atoms with Gasteiger partial charge in [0.05, 0.1) is 0 Å². The van der Waals surface area contributed by atoms with Crippen LogP contribution in [0.3, 0.4) is 0 Å². The van der Waals surface area contributed by atoms with Crippen molar-refractivity contribution in [2.45, 2.75) is 26.2 Å². The summed E-state index contributed by atoms with van der Waals surface area (Å²) in [6, 6.07) is 0. The maximum atomic E-state index is 11.7. The molecule has 0 saturated heterocycles. The van der Waals surface area contributed by atoms with Gasteiger partial charge in [0.1, 0.15) is 6.54 Å². The molecule has 0 aliphatic carbocycles. The lowest BCUT2D eigenvalue weighted by molar-refractivity contribution is -0.127. The Morgan fingerprint density at radius 1 is 1.32 bits per heavy atom. The largest absolute Gasteiger partial charge is 0.382 e. The Balaban J connectivity index is 4.43. The topological polar surface area (TPSA) is 57.2 Å². The lowest BCUT2D eigenvalue weighted by Gasteiger charge is -2.22. The number of aliphatic imine (C=N–C) groups is 1. The first-order valence-electron chi connectivity index (χ1n) is 7.91. The molecule has 0 aromatic heterocycles. The van der Waals surface area contributed by atoms with E-state index < -0.39 is 0 Å². The van der Waals surface area contributed by atoms with Crippen molar-refractivity contribution in [1.82, 2.24) is 15.1 Å². The van der Waals surface area contributed by atoms with Crippen LogP contribution in [0.1, 0.15) is 26.2 Å². The zero-order valence-electron chi connectivity index (χ0n) is 14.6. The Morgan fingerprint density at radius 2 is 2.05 bits per heavy atom. The van der Waals surface area contributed by atoms with Gasteiger partial charge in [-0.15, -0.1) is 6.58 Å². The van der Waals surface area contributed by atoms with Crippen molar-refractivity contribution in [3.63, 3.8) is 0 Å². The zero-order chi connectivity index (χ0) is 16.8. The number of ether oxygens (including phenoxy) is 1. The normalized spacial score (nSPS) is 11.2. The molecule has 6 nitrogen and oxygen atoms in total. The van der Waals surface area contributed by atoms with Gasteiger partial charge >= 0.3 is 0 Å². The fraction of sp³-hybridized carbons (Fsp3) is 0.750. The first kappa shape index (κ1) is 20.4. The van der Waals surface area contributed by atoms with Gasteiger partial charge in [0.15, 0.2) is 5.96 Å². The number of nitrogens with one attached hydrogen (secondary N) is 1. The van der Waals surface area contributed by atoms with Crippen molar-refractivity contribution in [1.29, 1.82) is 0 Å². The lowest BCUT2D eigenvalue weighted by Crippen LogP contribution is -2.41. The number of allylic oxidation sites excluding steroid dienone is 1. The molecule has 0 aromatic rings. The van der Waals surface area contributed by atoms with E-state index in [9.17, 15) is 4.79 Å². The second-order valence-corrected chi connectivity index (χ2v) is 5.26. The summed E-state index contributed by atoms with van der Waals surface area (Å²) in [5, 5.41) is 3.30. The quantitative estimate of drug-likeness (QED) is 0.271. The maximum Gasteiger partial charge on any atom is 0.243 e. The predicted octanol–water partition coefficient (Wildman–Crippen LogP) is 1.34. The van der Waals surface area contributed by atoms with Crippen LogP contribution in [-0.4, -0.2) is 75.7 Å². The fourth-order valence-electron chi connectivity index (χ4n) is 1.69. The molecule has 0 fully saturated rings. The number of amides is 1. The van der Waals surface area contributed by atoms with Crippen molar-refractivity contribution >= 4 is 11.9 Å². The molecule has 0 aliphatic heterocycles. The van der Waals surface area contributed by atoms with E-state index in [0.29, 0.717) is 0 Å². The van der Waals surface area contributed by atoms with Gasteiger partial charge in [-0.05, 0) is 26.2 Å². The standard InChI is InChI=1S/C16H32N4O2/c1-6-8-9-12-20(5)16(17-11-10-13-22-7-2)18-14-15(21)19(3)4/h6H,1,7-14H2,2-5H3,(H,17,18). The summed E-state index contributed by atoms with van der Waals surface area (Å²) in [7, 11) is 5.46. The summed E-state index contributed by atoms with van der Waals surface area (Å²) >= 11 is 0. The predicted molar refractivity (Wildman–Crippen MR) is 92.2 cm³/mol. The van der Waals surface area contributed by atoms with Crippen molar-refractivity contribution in [3.8, 4) is 0 Å². The number of likely N-dealkylation sites (N-methyl/N-ethyl adjacent to an activating group) is 1. The van der Waals surface area contributed by atoms with Crippen LogP contribution in [0, 0.1) is 0 Å². The first-order valence-corrected chi connectivity index (χ1v) is 7.91. The number of hydrogen-bond acceptors (Lipinski definition) is 3. The third-order valence-corrected chi connectivity index (χ3v) is 3.08. The van der Waals surface area contributed by atoms with E-state index in [0.717, 1.165) is 51.5 Å². The number of guanidine groups is 1. The molecule has 0 heterocycles. The Kier molecular flexibility index (Phi) is 12.2. The minimum atomic E-state index is -0.00638. The SMILES string of the molecule is C=CCCCN(C)C(=NCC(=O)N(C)C)NCCCOCC. The molecule has 0 radical (unpaired) electrons. The second kappa shape index (κ2) is 13.1. The average Bonchev–Trinajstić information content (AvgIpc) is 2.49. The molecule has 0 aliphatic rings. The molecular formula is C16H32N4O2. The van der Waals surface area contributed by atoms with Crippen LogP contribution < -0.4 is 5.32 Å². The summed E-state index contributed by atoms with van der Waals surface area (Å²) < 4.78 is 5.32. The minimum absolute atomic E-state index is 0.00638. The van der Waals surface area contributed by atoms with Crippen LogP contribution in [0.4, 0.5) is 0 Å². The van der Waals surface area contributed by atoms with Gasteiger partial charge in [-0.1, -0.05) is 6.08 Å². The molecule has 1 amide bonds. The maximum absolute atomic E-state index is 11.7. The van der Waals surface area contributed by atoms with Gasteiger partial charge < -0.3 is 19.9 Å². The fourth-order valence-corrected chi connectivity index (χ4v) is 1.69. The van der Waals surface area contributed by atoms with Gasteiger partial charge in [-0.3, -0.25) is 4.79 Å². The van der Waals surface area contributed by atoms with E-state index in [1.807, 2.05) is 24.9 Å². The van der Waals surface area contributed by atoms with Crippen LogP contribution in [0.25, 0.3) is 0 Å². The Hall–Kier alpha value is -1.56. The molecule has 128 valence electrons. The molecule has 0 spiro atoms. The van der Waals surface area contributed by atoms with Crippen LogP contribution in [0.5, 0.6) is 0 Å². The zero-order valence-corrected chi connectivity index (χ0v) is 14.6. The van der Waals surface area contributed by atoms with Crippen LogP contribution in [-0.2, 0) is 9.53 Å². The molecule has 0 aromatic carbocycles. The molecular weight excluding hydrogens is 280 g/mol. The molecule has 0 rings (SSSR count). The van der Waals surface area contributed by atoms with Gasteiger partial charge in [-0.2, -0.15) is 0 Å². The molecule has 0 atom stereocenters. The highest BCUT2D eigenvalue weighted by Crippen LogP contribution is 1.95. The Morgan fingerprint density at radius 3 is 2.64 bits per heavy atom. The van der Waals surface area contributed by atoms with E-state index >= 15 is 0 Å². The smallest absolute Gasteiger partial charge is 0.243 e. The van der Waals surface area contributed by atoms with E-state index in [4.69, 9.17) is 4.74 Å². The van der Waals surface area contributed by atoms with Crippen LogP contribution in [0.2, 0.25) is 0 Å². The third kappa shape index (κ3) is 10.2. The molecule has 0 unspecified atom stereocenters. The van der Waals surface area contributed by atoms with E-state index in [-0.39, 0.29) is 12.5 Å². The van der Waals surface area contributed by atoms with Crippen molar-refractivity contribution in [2.24, 2.45) is 4.99 Å². The van der Waals surface area contributed by atoms with Gasteiger partial charge in [0.25, 0.3) is 0 Å². The summed E-state index contributed by atoms with van der Waals surface area (Å²) in [5.74, 6) is 0.754. The number of nitrogens with zero attached hydrogens (tertiary/aromatic N) is 3. The summed E-state index contributed by atoms with van der Waals surface area (Å²) in [4.78, 5) is 19.7. The number of hydrogen-bond donors (Lipinski definition) is 1. The van der Waals surface area contributed by atoms with E-state index in [1.165, 1.54) is 0 Å². The van der Waals surface area contributed by atoms with Gasteiger partial charge in [0, 0.05) is 47.4 Å². The monoisotopic (exact) mass is 312 g/mol. The highest BCUT2D eigenvalue weighted by molar-refractivity contribution is 5.84. The van der Waals surface area contributed by atoms with E-state index in [1.54, 1.807) is 19.0 Å². The molecule has 6 heteroatoms.